The first-order chi connectivity index (χ1) is 10.3. The fourth-order valence-corrected chi connectivity index (χ4v) is 3.32. The molecule has 0 fully saturated rings. The molecule has 1 aliphatic heterocycles. The molecule has 2 aromatic heterocycles. The van der Waals surface area contributed by atoms with Crippen LogP contribution < -0.4 is 9.47 Å². The van der Waals surface area contributed by atoms with Gasteiger partial charge in [0, 0.05) is 30.0 Å². The molecule has 0 radical (unpaired) electrons. The van der Waals surface area contributed by atoms with Gasteiger partial charge in [-0.25, -0.2) is 4.98 Å². The van der Waals surface area contributed by atoms with Crippen molar-refractivity contribution in [3.63, 3.8) is 0 Å². The van der Waals surface area contributed by atoms with E-state index >= 15 is 0 Å². The lowest BCUT2D eigenvalue weighted by Gasteiger charge is -2.06. The van der Waals surface area contributed by atoms with E-state index < -0.39 is 0 Å². The molecule has 0 atom stereocenters. The number of ether oxygens (including phenoxy) is 2. The summed E-state index contributed by atoms with van der Waals surface area (Å²) < 4.78 is 12.9. The minimum atomic E-state index is 0.0807. The van der Waals surface area contributed by atoms with Gasteiger partial charge in [0.1, 0.15) is 5.82 Å². The summed E-state index contributed by atoms with van der Waals surface area (Å²) in [6.45, 7) is 0.859. The Kier molecular flexibility index (Phi) is 3.05. The fraction of sp³-hybridized carbons (Fsp3) is 0.267. The van der Waals surface area contributed by atoms with E-state index in [9.17, 15) is 5.11 Å². The van der Waals surface area contributed by atoms with Crippen LogP contribution in [-0.2, 0) is 13.0 Å². The van der Waals surface area contributed by atoms with Crippen molar-refractivity contribution >= 4 is 22.4 Å². The van der Waals surface area contributed by atoms with Crippen LogP contribution in [0.15, 0.2) is 29.6 Å². The van der Waals surface area contributed by atoms with Crippen molar-refractivity contribution in [1.82, 2.24) is 9.55 Å². The van der Waals surface area contributed by atoms with E-state index in [-0.39, 0.29) is 13.4 Å². The molecule has 6 heteroatoms. The van der Waals surface area contributed by atoms with Crippen molar-refractivity contribution < 1.29 is 14.6 Å². The zero-order chi connectivity index (χ0) is 14.2. The predicted octanol–water partition coefficient (Wildman–Crippen LogP) is 2.41. The number of thiophene rings is 1. The van der Waals surface area contributed by atoms with E-state index in [1.54, 1.807) is 11.3 Å². The molecule has 3 heterocycles. The summed E-state index contributed by atoms with van der Waals surface area (Å²) in [5.41, 5.74) is 1.85. The Morgan fingerprint density at radius 3 is 2.90 bits per heavy atom. The van der Waals surface area contributed by atoms with Gasteiger partial charge in [-0.1, -0.05) is 6.07 Å². The number of aliphatic hydroxyl groups is 1. The number of hydrogen-bond donors (Lipinski definition) is 1. The average Bonchev–Trinajstić information content (AvgIpc) is 3.19. The molecule has 1 aromatic carbocycles. The number of aliphatic hydroxyl groups excluding tert-OH is 1. The highest BCUT2D eigenvalue weighted by Crippen LogP contribution is 2.36. The van der Waals surface area contributed by atoms with Crippen LogP contribution >= 0.6 is 11.3 Å². The lowest BCUT2D eigenvalue weighted by atomic mass is 10.2. The van der Waals surface area contributed by atoms with Gasteiger partial charge in [-0.3, -0.25) is 0 Å². The van der Waals surface area contributed by atoms with Crippen molar-refractivity contribution in [1.29, 1.82) is 0 Å². The molecule has 0 spiro atoms. The Hall–Kier alpha value is -2.05. The first-order valence-electron chi connectivity index (χ1n) is 6.77. The maximum atomic E-state index is 9.34. The first kappa shape index (κ1) is 12.7. The second-order valence-electron chi connectivity index (χ2n) is 4.85. The van der Waals surface area contributed by atoms with Crippen LogP contribution in [0.1, 0.15) is 10.7 Å². The van der Waals surface area contributed by atoms with Gasteiger partial charge in [0.2, 0.25) is 6.79 Å². The van der Waals surface area contributed by atoms with Crippen LogP contribution in [-0.4, -0.2) is 28.1 Å². The van der Waals surface area contributed by atoms with Gasteiger partial charge in [-0.05, 0) is 11.4 Å². The van der Waals surface area contributed by atoms with Crippen LogP contribution in [0.4, 0.5) is 0 Å². The van der Waals surface area contributed by atoms with E-state index in [1.165, 1.54) is 4.88 Å². The summed E-state index contributed by atoms with van der Waals surface area (Å²) in [5, 5.41) is 11.4. The molecule has 108 valence electrons. The summed E-state index contributed by atoms with van der Waals surface area (Å²) in [5.74, 6) is 2.42. The molecule has 21 heavy (non-hydrogen) atoms. The Bertz CT molecular complexity index is 780. The van der Waals surface area contributed by atoms with Crippen molar-refractivity contribution in [2.75, 3.05) is 13.4 Å². The van der Waals surface area contributed by atoms with E-state index in [1.807, 2.05) is 18.2 Å². The molecule has 0 saturated heterocycles. The Balaban J connectivity index is 1.83. The zero-order valence-electron chi connectivity index (χ0n) is 11.3. The average molecular weight is 302 g/mol. The summed E-state index contributed by atoms with van der Waals surface area (Å²) in [4.78, 5) is 5.96. The molecule has 0 bridgehead atoms. The summed E-state index contributed by atoms with van der Waals surface area (Å²) in [7, 11) is 0. The first-order valence-corrected chi connectivity index (χ1v) is 7.65. The Morgan fingerprint density at radius 1 is 1.29 bits per heavy atom. The molecule has 0 amide bonds. The Morgan fingerprint density at radius 2 is 2.14 bits per heavy atom. The number of rotatable bonds is 4. The molecule has 1 N–H and O–H groups in total. The fourth-order valence-electron chi connectivity index (χ4n) is 2.62. The van der Waals surface area contributed by atoms with Crippen molar-refractivity contribution in [3.8, 4) is 11.5 Å². The minimum Gasteiger partial charge on any atom is -0.454 e. The topological polar surface area (TPSA) is 56.5 Å². The van der Waals surface area contributed by atoms with Crippen LogP contribution in [0.3, 0.4) is 0 Å². The standard InChI is InChI=1S/C15H14N2O3S/c18-4-3-17-12-8-14-13(19-9-20-14)7-11(12)16-15(17)6-10-2-1-5-21-10/h1-2,5,7-8,18H,3-4,6,9H2. The van der Waals surface area contributed by atoms with E-state index in [2.05, 4.69) is 16.0 Å². The van der Waals surface area contributed by atoms with Crippen molar-refractivity contribution in [2.24, 2.45) is 0 Å². The minimum absolute atomic E-state index is 0.0807. The number of fused-ring (bicyclic) bond motifs is 2. The molecular formula is C15H14N2O3S. The summed E-state index contributed by atoms with van der Waals surface area (Å²) in [6.07, 6.45) is 0.763. The molecule has 3 aromatic rings. The van der Waals surface area contributed by atoms with Gasteiger partial charge < -0.3 is 19.1 Å². The van der Waals surface area contributed by atoms with Crippen molar-refractivity contribution in [3.05, 3.63) is 40.3 Å². The zero-order valence-corrected chi connectivity index (χ0v) is 12.1. The van der Waals surface area contributed by atoms with Gasteiger partial charge in [0.05, 0.1) is 17.6 Å². The molecule has 0 aliphatic carbocycles. The van der Waals surface area contributed by atoms with E-state index in [0.717, 1.165) is 34.8 Å². The summed E-state index contributed by atoms with van der Waals surface area (Å²) in [6, 6.07) is 7.98. The number of imidazole rings is 1. The number of aromatic nitrogens is 2. The second-order valence-corrected chi connectivity index (χ2v) is 5.89. The van der Waals surface area contributed by atoms with Gasteiger partial charge in [-0.2, -0.15) is 0 Å². The SMILES string of the molecule is OCCn1c(Cc2cccs2)nc2cc3c(cc21)OCO3. The van der Waals surface area contributed by atoms with Gasteiger partial charge in [-0.15, -0.1) is 11.3 Å². The third-order valence-corrected chi connectivity index (χ3v) is 4.43. The molecular weight excluding hydrogens is 288 g/mol. The Labute approximate surface area is 125 Å². The molecule has 0 saturated carbocycles. The number of hydrogen-bond acceptors (Lipinski definition) is 5. The van der Waals surface area contributed by atoms with Gasteiger partial charge in [0.25, 0.3) is 0 Å². The highest BCUT2D eigenvalue weighted by Gasteiger charge is 2.19. The van der Waals surface area contributed by atoms with Crippen LogP contribution in [0.25, 0.3) is 11.0 Å². The number of nitrogens with zero attached hydrogens (tertiary/aromatic N) is 2. The summed E-state index contributed by atoms with van der Waals surface area (Å²) >= 11 is 1.71. The predicted molar refractivity (Wildman–Crippen MR) is 80.1 cm³/mol. The maximum Gasteiger partial charge on any atom is 0.231 e. The third kappa shape index (κ3) is 2.16. The molecule has 1 aliphatic rings. The van der Waals surface area contributed by atoms with Gasteiger partial charge >= 0.3 is 0 Å². The van der Waals surface area contributed by atoms with Crippen LogP contribution in [0.5, 0.6) is 11.5 Å². The smallest absolute Gasteiger partial charge is 0.231 e. The maximum absolute atomic E-state index is 9.34. The van der Waals surface area contributed by atoms with Crippen LogP contribution in [0, 0.1) is 0 Å². The van der Waals surface area contributed by atoms with E-state index in [0.29, 0.717) is 6.54 Å². The normalized spacial score (nSPS) is 13.2. The highest BCUT2D eigenvalue weighted by molar-refractivity contribution is 7.09. The highest BCUT2D eigenvalue weighted by atomic mass is 32.1. The molecule has 4 rings (SSSR count). The molecule has 0 unspecified atom stereocenters. The third-order valence-electron chi connectivity index (χ3n) is 3.56. The van der Waals surface area contributed by atoms with Crippen LogP contribution in [0.2, 0.25) is 0 Å². The lowest BCUT2D eigenvalue weighted by Crippen LogP contribution is -2.07. The number of benzene rings is 1. The molecule has 5 nitrogen and oxygen atoms in total. The van der Waals surface area contributed by atoms with Crippen molar-refractivity contribution in [2.45, 2.75) is 13.0 Å². The van der Waals surface area contributed by atoms with E-state index in [4.69, 9.17) is 14.5 Å². The monoisotopic (exact) mass is 302 g/mol. The quantitative estimate of drug-likeness (QED) is 0.804. The van der Waals surface area contributed by atoms with Gasteiger partial charge in [0.15, 0.2) is 11.5 Å². The second kappa shape index (κ2) is 5.05. The largest absolute Gasteiger partial charge is 0.454 e. The lowest BCUT2D eigenvalue weighted by molar-refractivity contribution is 0.174.